The monoisotopic (exact) mass is 570 g/mol. The number of carbonyl (C=O) groups is 3. The predicted molar refractivity (Wildman–Crippen MR) is 154 cm³/mol. The molecule has 0 bridgehead atoms. The summed E-state index contributed by atoms with van der Waals surface area (Å²) in [6.45, 7) is 3.08. The van der Waals surface area contributed by atoms with Gasteiger partial charge in [-0.15, -0.1) is 0 Å². The standard InChI is InChI=1S/C28H35ClN6O5/c1-20-18-34(27(39)23-8-7-22(17-24(23)29)35-12-4-10-31-35)25-6-3-2-5-21(25)19-33(20)28(40)30-11-9-26(38)32(13-15-36)14-16-37/h2-3,5-8,10,17,20,36-37H,4,9,11-16,18-19H2,1H3,(H,30,40)/t20-/m1/s1. The fraction of sp³-hybridized carbons (Fsp3) is 0.429. The number of nitrogens with zero attached hydrogens (tertiary/aromatic N) is 5. The second-order valence-corrected chi connectivity index (χ2v) is 10.1. The quantitative estimate of drug-likeness (QED) is 0.424. The minimum Gasteiger partial charge on any atom is -0.395 e. The van der Waals surface area contributed by atoms with Crippen molar-refractivity contribution in [3.63, 3.8) is 0 Å². The van der Waals surface area contributed by atoms with Gasteiger partial charge in [0.1, 0.15) is 0 Å². The Morgan fingerprint density at radius 2 is 1.88 bits per heavy atom. The van der Waals surface area contributed by atoms with E-state index in [1.54, 1.807) is 21.9 Å². The average molecular weight is 571 g/mol. The van der Waals surface area contributed by atoms with Gasteiger partial charge in [-0.3, -0.25) is 14.6 Å². The summed E-state index contributed by atoms with van der Waals surface area (Å²) in [4.78, 5) is 44.1. The second kappa shape index (κ2) is 13.6. The van der Waals surface area contributed by atoms with Crippen molar-refractivity contribution in [2.24, 2.45) is 5.10 Å². The third-order valence-electron chi connectivity index (χ3n) is 6.99. The maximum atomic E-state index is 13.8. The largest absolute Gasteiger partial charge is 0.395 e. The SMILES string of the molecule is C[C@@H]1CN(C(=O)c2ccc(N3CCC=N3)cc2Cl)c2ccccc2CN1C(=O)NCCC(=O)N(CCO)CCO. The van der Waals surface area contributed by atoms with Gasteiger partial charge in [0.25, 0.3) is 5.91 Å². The van der Waals surface area contributed by atoms with Crippen molar-refractivity contribution in [3.05, 3.63) is 58.6 Å². The maximum Gasteiger partial charge on any atom is 0.318 e. The second-order valence-electron chi connectivity index (χ2n) is 9.71. The number of rotatable bonds is 9. The van der Waals surface area contributed by atoms with E-state index in [1.165, 1.54) is 4.90 Å². The van der Waals surface area contributed by atoms with E-state index in [4.69, 9.17) is 21.8 Å². The molecular weight excluding hydrogens is 536 g/mol. The number of hydrogen-bond donors (Lipinski definition) is 3. The molecule has 2 aliphatic rings. The molecule has 0 unspecified atom stereocenters. The molecule has 3 N–H and O–H groups in total. The van der Waals surface area contributed by atoms with Gasteiger partial charge in [0.15, 0.2) is 0 Å². The Labute approximate surface area is 238 Å². The zero-order valence-electron chi connectivity index (χ0n) is 22.5. The first-order valence-corrected chi connectivity index (χ1v) is 13.7. The lowest BCUT2D eigenvalue weighted by molar-refractivity contribution is -0.132. The summed E-state index contributed by atoms with van der Waals surface area (Å²) in [6, 6.07) is 12.1. The summed E-state index contributed by atoms with van der Waals surface area (Å²) in [5.41, 5.74) is 2.69. The van der Waals surface area contributed by atoms with Gasteiger partial charge in [-0.2, -0.15) is 5.10 Å². The van der Waals surface area contributed by atoms with Gasteiger partial charge in [-0.25, -0.2) is 4.79 Å². The van der Waals surface area contributed by atoms with E-state index in [2.05, 4.69) is 10.4 Å². The van der Waals surface area contributed by atoms with Crippen LogP contribution < -0.4 is 15.2 Å². The van der Waals surface area contributed by atoms with Crippen LogP contribution in [0.1, 0.15) is 35.7 Å². The molecule has 2 aliphatic heterocycles. The smallest absolute Gasteiger partial charge is 0.318 e. The number of urea groups is 1. The Hall–Kier alpha value is -3.67. The molecule has 0 saturated carbocycles. The molecule has 0 aromatic heterocycles. The number of aliphatic hydroxyl groups excluding tert-OH is 2. The third kappa shape index (κ3) is 6.72. The molecule has 0 fully saturated rings. The van der Waals surface area contributed by atoms with E-state index in [1.807, 2.05) is 48.5 Å². The Morgan fingerprint density at radius 3 is 2.55 bits per heavy atom. The third-order valence-corrected chi connectivity index (χ3v) is 7.30. The highest BCUT2D eigenvalue weighted by Crippen LogP contribution is 2.32. The lowest BCUT2D eigenvalue weighted by Crippen LogP contribution is -2.48. The fourth-order valence-electron chi connectivity index (χ4n) is 4.88. The predicted octanol–water partition coefficient (Wildman–Crippen LogP) is 2.30. The average Bonchev–Trinajstić information content (AvgIpc) is 3.44. The number of nitrogens with one attached hydrogen (secondary N) is 1. The van der Waals surface area contributed by atoms with Gasteiger partial charge in [-0.1, -0.05) is 29.8 Å². The van der Waals surface area contributed by atoms with Crippen LogP contribution in [0, 0.1) is 0 Å². The summed E-state index contributed by atoms with van der Waals surface area (Å²) < 4.78 is 0. The van der Waals surface area contributed by atoms with Crippen molar-refractivity contribution in [2.75, 3.05) is 55.8 Å². The zero-order chi connectivity index (χ0) is 28.6. The van der Waals surface area contributed by atoms with Gasteiger partial charge < -0.3 is 30.2 Å². The first-order chi connectivity index (χ1) is 19.3. The molecule has 11 nitrogen and oxygen atoms in total. The molecule has 40 heavy (non-hydrogen) atoms. The van der Waals surface area contributed by atoms with Crippen LogP contribution in [0.4, 0.5) is 16.2 Å². The Balaban J connectivity index is 1.47. The number of anilines is 2. The summed E-state index contributed by atoms with van der Waals surface area (Å²) in [5.74, 6) is -0.532. The maximum absolute atomic E-state index is 13.8. The Bertz CT molecular complexity index is 1250. The molecule has 0 radical (unpaired) electrons. The molecule has 4 amide bonds. The molecule has 4 rings (SSSR count). The zero-order valence-corrected chi connectivity index (χ0v) is 23.3. The number of fused-ring (bicyclic) bond motifs is 1. The number of halogens is 1. The highest BCUT2D eigenvalue weighted by atomic mass is 35.5. The summed E-state index contributed by atoms with van der Waals surface area (Å²) in [7, 11) is 0. The van der Waals surface area contributed by atoms with Crippen LogP contribution in [0.15, 0.2) is 47.6 Å². The number of aliphatic hydroxyl groups is 2. The molecular formula is C28H35ClN6O5. The lowest BCUT2D eigenvalue weighted by Gasteiger charge is -2.29. The van der Waals surface area contributed by atoms with E-state index < -0.39 is 0 Å². The molecule has 2 aromatic rings. The molecule has 2 aromatic carbocycles. The van der Waals surface area contributed by atoms with Gasteiger partial charge >= 0.3 is 6.03 Å². The van der Waals surface area contributed by atoms with E-state index in [0.717, 1.165) is 24.2 Å². The molecule has 1 atom stereocenters. The Morgan fingerprint density at radius 1 is 1.12 bits per heavy atom. The summed E-state index contributed by atoms with van der Waals surface area (Å²) >= 11 is 6.59. The van der Waals surface area contributed by atoms with Crippen LogP contribution in [0.2, 0.25) is 5.02 Å². The van der Waals surface area contributed by atoms with E-state index in [9.17, 15) is 14.4 Å². The van der Waals surface area contributed by atoms with Crippen molar-refractivity contribution < 1.29 is 24.6 Å². The van der Waals surface area contributed by atoms with Crippen LogP contribution in [-0.2, 0) is 11.3 Å². The lowest BCUT2D eigenvalue weighted by atomic mass is 10.1. The summed E-state index contributed by atoms with van der Waals surface area (Å²) in [6.07, 6.45) is 2.73. The number of para-hydroxylation sites is 1. The van der Waals surface area contributed by atoms with Crippen molar-refractivity contribution in [2.45, 2.75) is 32.4 Å². The first kappa shape index (κ1) is 29.3. The minimum atomic E-state index is -0.353. The molecule has 12 heteroatoms. The summed E-state index contributed by atoms with van der Waals surface area (Å²) in [5, 5.41) is 27.6. The fourth-order valence-corrected chi connectivity index (χ4v) is 5.14. The topological polar surface area (TPSA) is 129 Å². The Kier molecular flexibility index (Phi) is 9.97. The number of benzene rings is 2. The highest BCUT2D eigenvalue weighted by Gasteiger charge is 2.32. The van der Waals surface area contributed by atoms with Crippen LogP contribution in [0.5, 0.6) is 0 Å². The number of carbonyl (C=O) groups excluding carboxylic acids is 3. The van der Waals surface area contributed by atoms with E-state index in [0.29, 0.717) is 16.3 Å². The number of hydrazone groups is 1. The van der Waals surface area contributed by atoms with Crippen molar-refractivity contribution in [3.8, 4) is 0 Å². The van der Waals surface area contributed by atoms with E-state index >= 15 is 0 Å². The van der Waals surface area contributed by atoms with Gasteiger partial charge in [0.2, 0.25) is 5.91 Å². The number of amides is 4. The molecule has 2 heterocycles. The van der Waals surface area contributed by atoms with Crippen LogP contribution in [0.25, 0.3) is 0 Å². The van der Waals surface area contributed by atoms with Gasteiger partial charge in [-0.05, 0) is 36.8 Å². The molecule has 0 aliphatic carbocycles. The van der Waals surface area contributed by atoms with Crippen LogP contribution in [-0.4, -0.2) is 96.1 Å². The highest BCUT2D eigenvalue weighted by molar-refractivity contribution is 6.35. The first-order valence-electron chi connectivity index (χ1n) is 13.4. The molecule has 214 valence electrons. The number of hydrogen-bond acceptors (Lipinski definition) is 7. The van der Waals surface area contributed by atoms with Gasteiger partial charge in [0, 0.05) is 70.1 Å². The van der Waals surface area contributed by atoms with Crippen molar-refractivity contribution in [1.29, 1.82) is 0 Å². The van der Waals surface area contributed by atoms with Crippen LogP contribution in [0.3, 0.4) is 0 Å². The normalized spacial score (nSPS) is 16.5. The molecule has 0 spiro atoms. The van der Waals surface area contributed by atoms with Crippen molar-refractivity contribution in [1.82, 2.24) is 15.1 Å². The minimum absolute atomic E-state index is 0.0341. The van der Waals surface area contributed by atoms with Gasteiger partial charge in [0.05, 0.1) is 29.5 Å². The van der Waals surface area contributed by atoms with Crippen molar-refractivity contribution >= 4 is 47.0 Å². The molecule has 0 saturated heterocycles. The van der Waals surface area contributed by atoms with Crippen LogP contribution >= 0.6 is 11.6 Å². The van der Waals surface area contributed by atoms with E-state index in [-0.39, 0.29) is 76.2 Å².